The summed E-state index contributed by atoms with van der Waals surface area (Å²) in [5.41, 5.74) is 0. The highest BCUT2D eigenvalue weighted by molar-refractivity contribution is 4.52. The van der Waals surface area contributed by atoms with E-state index < -0.39 is 0 Å². The normalized spacial score (nSPS) is 11.5. The van der Waals surface area contributed by atoms with Gasteiger partial charge in [-0.15, -0.1) is 0 Å². The summed E-state index contributed by atoms with van der Waals surface area (Å²) in [5.74, 6) is 0. The maximum Gasteiger partial charge on any atom is 0.0780 e. The fourth-order valence-electron chi connectivity index (χ4n) is 6.98. The van der Waals surface area contributed by atoms with Gasteiger partial charge in [0.05, 0.1) is 55.4 Å². The minimum absolute atomic E-state index is 0. The van der Waals surface area contributed by atoms with Gasteiger partial charge in [-0.2, -0.15) is 0 Å². The van der Waals surface area contributed by atoms with Gasteiger partial charge in [-0.1, -0.05) is 219 Å². The van der Waals surface area contributed by atoms with Crippen molar-refractivity contribution >= 4 is 0 Å². The Labute approximate surface area is 332 Å². The van der Waals surface area contributed by atoms with Crippen LogP contribution in [0.2, 0.25) is 0 Å². The Morgan fingerprint density at radius 2 is 0.320 bits per heavy atom. The van der Waals surface area contributed by atoms with E-state index in [1.165, 1.54) is 244 Å². The fourth-order valence-corrected chi connectivity index (χ4v) is 6.98. The van der Waals surface area contributed by atoms with E-state index in [0.29, 0.717) is 0 Å². The first-order valence-electron chi connectivity index (χ1n) is 22.7. The van der Waals surface area contributed by atoms with Gasteiger partial charge in [-0.3, -0.25) is 0 Å². The average molecular weight is 752 g/mol. The second-order valence-electron chi connectivity index (χ2n) is 18.0. The number of quaternary nitrogens is 2. The lowest BCUT2D eigenvalue weighted by atomic mass is 10.0. The maximum absolute atomic E-state index is 2.30. The molecule has 0 atom stereocenters. The molecule has 0 radical (unpaired) electrons. The van der Waals surface area contributed by atoms with Crippen molar-refractivity contribution < 1.29 is 33.8 Å². The van der Waals surface area contributed by atoms with Gasteiger partial charge >= 0.3 is 0 Å². The molecule has 0 N–H and O–H groups in total. The lowest BCUT2D eigenvalue weighted by Crippen LogP contribution is -3.00. The van der Waals surface area contributed by atoms with E-state index >= 15 is 0 Å². The Morgan fingerprint density at radius 3 is 0.440 bits per heavy atom. The Balaban J connectivity index is -0.000000412. The van der Waals surface area contributed by atoms with E-state index in [-0.39, 0.29) is 24.8 Å². The molecule has 0 aliphatic rings. The van der Waals surface area contributed by atoms with Crippen molar-refractivity contribution in [3.63, 3.8) is 0 Å². The lowest BCUT2D eigenvalue weighted by Gasteiger charge is -2.23. The number of nitrogens with zero attached hydrogens (tertiary/aromatic N) is 2. The third-order valence-electron chi connectivity index (χ3n) is 10.4. The van der Waals surface area contributed by atoms with Crippen LogP contribution in [0.15, 0.2) is 0 Å². The Bertz CT molecular complexity index is 569. The first-order valence-corrected chi connectivity index (χ1v) is 22.7. The summed E-state index contributed by atoms with van der Waals surface area (Å²) in [4.78, 5) is 0. The standard InChI is InChI=1S/C25H54N.C21H46N.2ClH/c1-5-6-7-8-9-10-11-12-13-14-15-16-17-18-19-20-21-22-23-24-25-26(2,3)4;1-5-6-7-8-9-10-11-12-13-14-15-16-17-18-19-20-21-22(2,3)4;;/h5-25H2,1-4H3;5-21H2,1-4H3;2*1H/q2*+1;;/p-2. The van der Waals surface area contributed by atoms with Crippen molar-refractivity contribution in [3.8, 4) is 0 Å². The van der Waals surface area contributed by atoms with Crippen molar-refractivity contribution in [2.45, 2.75) is 245 Å². The van der Waals surface area contributed by atoms with E-state index in [9.17, 15) is 0 Å². The summed E-state index contributed by atoms with van der Waals surface area (Å²) >= 11 is 0. The molecule has 0 saturated heterocycles. The molecule has 0 fully saturated rings. The molecule has 0 saturated carbocycles. The SMILES string of the molecule is CCCCCCCCCCCCCCCCCCCCCC[N+](C)(C)C.CCCCCCCCCCCCCCCCCC[N+](C)(C)C.[Cl-].[Cl-]. The zero-order valence-electron chi connectivity index (χ0n) is 36.5. The van der Waals surface area contributed by atoms with E-state index in [1.807, 2.05) is 0 Å². The molecule has 308 valence electrons. The molecule has 0 spiro atoms. The topological polar surface area (TPSA) is 0 Å². The van der Waals surface area contributed by atoms with Gasteiger partial charge in [0.2, 0.25) is 0 Å². The molecular weight excluding hydrogens is 651 g/mol. The van der Waals surface area contributed by atoms with Crippen LogP contribution in [-0.2, 0) is 0 Å². The molecule has 0 rings (SSSR count). The van der Waals surface area contributed by atoms with Crippen molar-refractivity contribution in [3.05, 3.63) is 0 Å². The zero-order valence-corrected chi connectivity index (χ0v) is 38.0. The van der Waals surface area contributed by atoms with Gasteiger partial charge in [-0.05, 0) is 25.7 Å². The van der Waals surface area contributed by atoms with Gasteiger partial charge < -0.3 is 33.8 Å². The van der Waals surface area contributed by atoms with Crippen LogP contribution >= 0.6 is 0 Å². The Morgan fingerprint density at radius 1 is 0.200 bits per heavy atom. The van der Waals surface area contributed by atoms with E-state index in [0.717, 1.165) is 8.97 Å². The van der Waals surface area contributed by atoms with Crippen LogP contribution in [0, 0.1) is 0 Å². The first-order chi connectivity index (χ1) is 23.1. The molecule has 0 aromatic heterocycles. The van der Waals surface area contributed by atoms with Gasteiger partial charge in [0.1, 0.15) is 0 Å². The van der Waals surface area contributed by atoms with Crippen LogP contribution in [0.4, 0.5) is 0 Å². The van der Waals surface area contributed by atoms with E-state index in [1.54, 1.807) is 0 Å². The molecule has 0 bridgehead atoms. The van der Waals surface area contributed by atoms with Crippen molar-refractivity contribution in [2.24, 2.45) is 0 Å². The number of rotatable bonds is 38. The molecule has 2 nitrogen and oxygen atoms in total. The van der Waals surface area contributed by atoms with Gasteiger partial charge in [-0.25, -0.2) is 0 Å². The predicted molar refractivity (Wildman–Crippen MR) is 223 cm³/mol. The average Bonchev–Trinajstić information content (AvgIpc) is 3.03. The lowest BCUT2D eigenvalue weighted by molar-refractivity contribution is -0.870. The van der Waals surface area contributed by atoms with Crippen LogP contribution in [0.5, 0.6) is 0 Å². The molecule has 0 aromatic carbocycles. The highest BCUT2D eigenvalue weighted by Crippen LogP contribution is 2.16. The molecule has 0 aliphatic heterocycles. The van der Waals surface area contributed by atoms with E-state index in [4.69, 9.17) is 0 Å². The quantitative estimate of drug-likeness (QED) is 0.0436. The van der Waals surface area contributed by atoms with Crippen LogP contribution < -0.4 is 24.8 Å². The summed E-state index contributed by atoms with van der Waals surface area (Å²) in [5, 5.41) is 0. The van der Waals surface area contributed by atoms with Crippen LogP contribution in [-0.4, -0.2) is 64.3 Å². The highest BCUT2D eigenvalue weighted by Gasteiger charge is 2.06. The molecule has 0 aliphatic carbocycles. The van der Waals surface area contributed by atoms with Crippen molar-refractivity contribution in [1.29, 1.82) is 0 Å². The second-order valence-corrected chi connectivity index (χ2v) is 18.0. The van der Waals surface area contributed by atoms with Crippen LogP contribution in [0.25, 0.3) is 0 Å². The summed E-state index contributed by atoms with van der Waals surface area (Å²) in [7, 11) is 13.8. The Hall–Kier alpha value is 0.500. The van der Waals surface area contributed by atoms with Crippen LogP contribution in [0.3, 0.4) is 0 Å². The number of hydrogen-bond donors (Lipinski definition) is 0. The van der Waals surface area contributed by atoms with Crippen LogP contribution in [0.1, 0.15) is 245 Å². The molecule has 0 amide bonds. The number of unbranched alkanes of at least 4 members (excludes halogenated alkanes) is 34. The molecule has 50 heavy (non-hydrogen) atoms. The molecule has 4 heteroatoms. The summed E-state index contributed by atoms with van der Waals surface area (Å²) in [6, 6.07) is 0. The monoisotopic (exact) mass is 751 g/mol. The highest BCUT2D eigenvalue weighted by atomic mass is 35.5. The summed E-state index contributed by atoms with van der Waals surface area (Å²) in [6.45, 7) is 7.26. The maximum atomic E-state index is 2.30. The fraction of sp³-hybridized carbons (Fsp3) is 1.00. The second kappa shape index (κ2) is 45.7. The van der Waals surface area contributed by atoms with Gasteiger partial charge in [0, 0.05) is 0 Å². The molecule has 0 unspecified atom stereocenters. The summed E-state index contributed by atoms with van der Waals surface area (Å²) in [6.07, 6.45) is 52.7. The first kappa shape index (κ1) is 57.2. The zero-order chi connectivity index (χ0) is 35.9. The predicted octanol–water partition coefficient (Wildman–Crippen LogP) is 9.48. The number of hydrogen-bond acceptors (Lipinski definition) is 0. The van der Waals surface area contributed by atoms with E-state index in [2.05, 4.69) is 56.1 Å². The number of halogens is 2. The minimum atomic E-state index is 0. The Kier molecular flexibility index (Phi) is 52.3. The molecule has 0 aromatic rings. The third kappa shape index (κ3) is 60.6. The summed E-state index contributed by atoms with van der Waals surface area (Å²) < 4.78 is 2.25. The minimum Gasteiger partial charge on any atom is -1.00 e. The smallest absolute Gasteiger partial charge is 0.0780 e. The van der Waals surface area contributed by atoms with Crippen molar-refractivity contribution in [1.82, 2.24) is 0 Å². The molecular formula is C46H100Cl2N2. The van der Waals surface area contributed by atoms with Gasteiger partial charge in [0.25, 0.3) is 0 Å². The molecule has 0 heterocycles. The van der Waals surface area contributed by atoms with Crippen molar-refractivity contribution in [2.75, 3.05) is 55.4 Å². The largest absolute Gasteiger partial charge is 1.00 e. The third-order valence-corrected chi connectivity index (χ3v) is 10.4. The van der Waals surface area contributed by atoms with Gasteiger partial charge in [0.15, 0.2) is 0 Å².